The van der Waals surface area contributed by atoms with Crippen LogP contribution in [0.15, 0.2) is 59.7 Å². The van der Waals surface area contributed by atoms with Crippen molar-refractivity contribution in [1.29, 1.82) is 0 Å². The molecule has 3 aromatic rings. The highest BCUT2D eigenvalue weighted by Gasteiger charge is 2.12. The predicted octanol–water partition coefficient (Wildman–Crippen LogP) is 0.791. The maximum absolute atomic E-state index is 12.1. The Balaban J connectivity index is 1.64. The van der Waals surface area contributed by atoms with Crippen LogP contribution in [0.4, 0.5) is 0 Å². The molecule has 0 saturated heterocycles. The second-order valence-electron chi connectivity index (χ2n) is 4.92. The number of hydrogen-bond donors (Lipinski definition) is 3. The molecule has 2 amide bonds. The molecule has 0 radical (unpaired) electrons. The van der Waals surface area contributed by atoms with Gasteiger partial charge in [0.2, 0.25) is 0 Å². The van der Waals surface area contributed by atoms with Gasteiger partial charge in [-0.25, -0.2) is 0 Å². The van der Waals surface area contributed by atoms with Crippen LogP contribution in [-0.4, -0.2) is 21.4 Å². The number of carbonyl (C=O) groups is 2. The summed E-state index contributed by atoms with van der Waals surface area (Å²) in [6.07, 6.45) is 3.08. The van der Waals surface area contributed by atoms with Crippen LogP contribution in [0, 0.1) is 0 Å². The van der Waals surface area contributed by atoms with Gasteiger partial charge in [0.05, 0.1) is 5.56 Å². The maximum Gasteiger partial charge on any atom is 0.271 e. The van der Waals surface area contributed by atoms with Crippen molar-refractivity contribution >= 4 is 22.7 Å². The maximum atomic E-state index is 12.1. The molecule has 0 spiro atoms. The number of carbonyl (C=O) groups excluding carboxylic acids is 2. The van der Waals surface area contributed by atoms with Gasteiger partial charge in [-0.05, 0) is 12.1 Å². The van der Waals surface area contributed by atoms with Crippen LogP contribution in [0.3, 0.4) is 0 Å². The van der Waals surface area contributed by atoms with E-state index in [4.69, 9.17) is 0 Å². The molecule has 7 heteroatoms. The molecule has 0 fully saturated rings. The van der Waals surface area contributed by atoms with Gasteiger partial charge >= 0.3 is 0 Å². The highest BCUT2D eigenvalue weighted by Crippen LogP contribution is 2.16. The Morgan fingerprint density at radius 3 is 2.65 bits per heavy atom. The first kappa shape index (κ1) is 14.6. The minimum absolute atomic E-state index is 0.173. The molecule has 0 saturated carbocycles. The monoisotopic (exact) mass is 310 g/mol. The molecule has 116 valence electrons. The van der Waals surface area contributed by atoms with Crippen molar-refractivity contribution < 1.29 is 9.59 Å². The minimum Gasteiger partial charge on any atom is -0.360 e. The van der Waals surface area contributed by atoms with Gasteiger partial charge in [-0.3, -0.25) is 25.2 Å². The first-order valence-electron chi connectivity index (χ1n) is 6.96. The fourth-order valence-electron chi connectivity index (χ4n) is 2.24. The third-order valence-corrected chi connectivity index (χ3v) is 3.36. The molecule has 0 unspecified atom stereocenters. The van der Waals surface area contributed by atoms with Gasteiger partial charge in [0.15, 0.2) is 0 Å². The number of hydrazine groups is 1. The Hall–Kier alpha value is -3.35. The second kappa shape index (κ2) is 6.18. The summed E-state index contributed by atoms with van der Waals surface area (Å²) in [4.78, 5) is 38.4. The first-order chi connectivity index (χ1) is 11.1. The van der Waals surface area contributed by atoms with E-state index < -0.39 is 11.8 Å². The first-order valence-corrected chi connectivity index (χ1v) is 6.96. The van der Waals surface area contributed by atoms with Gasteiger partial charge in [-0.2, -0.15) is 0 Å². The van der Waals surface area contributed by atoms with Gasteiger partial charge in [0, 0.05) is 29.4 Å². The largest absolute Gasteiger partial charge is 0.360 e. The van der Waals surface area contributed by atoms with Gasteiger partial charge in [0.25, 0.3) is 17.4 Å². The number of amides is 2. The van der Waals surface area contributed by atoms with E-state index >= 15 is 0 Å². The molecule has 0 aliphatic rings. The van der Waals surface area contributed by atoms with E-state index in [1.165, 1.54) is 16.8 Å². The SMILES string of the molecule is O=C(Cn1ccccc1=O)NNC(=O)c1c[nH]c2ccccc12. The molecule has 3 N–H and O–H groups in total. The number of para-hydroxylation sites is 1. The van der Waals surface area contributed by atoms with Gasteiger partial charge in [-0.15, -0.1) is 0 Å². The number of nitrogens with one attached hydrogen (secondary N) is 3. The van der Waals surface area contributed by atoms with E-state index in [2.05, 4.69) is 15.8 Å². The van der Waals surface area contributed by atoms with Crippen LogP contribution < -0.4 is 16.4 Å². The normalized spacial score (nSPS) is 10.4. The Morgan fingerprint density at radius 2 is 1.83 bits per heavy atom. The molecule has 0 aliphatic heterocycles. The quantitative estimate of drug-likeness (QED) is 0.624. The fraction of sp³-hybridized carbons (Fsp3) is 0.0625. The van der Waals surface area contributed by atoms with Crippen LogP contribution in [0.25, 0.3) is 10.9 Å². The highest BCUT2D eigenvalue weighted by atomic mass is 16.2. The van der Waals surface area contributed by atoms with Crippen molar-refractivity contribution in [2.24, 2.45) is 0 Å². The average Bonchev–Trinajstić information content (AvgIpc) is 2.99. The molecule has 1 aromatic carbocycles. The third kappa shape index (κ3) is 3.13. The number of aromatic amines is 1. The van der Waals surface area contributed by atoms with Gasteiger partial charge in [-0.1, -0.05) is 24.3 Å². The van der Waals surface area contributed by atoms with Crippen molar-refractivity contribution in [3.8, 4) is 0 Å². The molecule has 0 atom stereocenters. The number of hydrogen-bond acceptors (Lipinski definition) is 3. The standard InChI is InChI=1S/C16H14N4O3/c21-14(10-20-8-4-3-7-15(20)22)18-19-16(23)12-9-17-13-6-2-1-5-11(12)13/h1-9,17H,10H2,(H,18,21)(H,19,23). The van der Waals surface area contributed by atoms with E-state index in [0.717, 1.165) is 10.9 Å². The Labute approximate surface area is 130 Å². The van der Waals surface area contributed by atoms with E-state index in [1.807, 2.05) is 24.3 Å². The zero-order valence-corrected chi connectivity index (χ0v) is 12.1. The second-order valence-corrected chi connectivity index (χ2v) is 4.92. The number of rotatable bonds is 3. The van der Waals surface area contributed by atoms with Crippen LogP contribution in [-0.2, 0) is 11.3 Å². The molecule has 3 rings (SSSR count). The van der Waals surface area contributed by atoms with E-state index in [0.29, 0.717) is 5.56 Å². The predicted molar refractivity (Wildman–Crippen MR) is 84.6 cm³/mol. The van der Waals surface area contributed by atoms with Crippen molar-refractivity contribution in [2.45, 2.75) is 6.54 Å². The molecule has 2 heterocycles. The number of fused-ring (bicyclic) bond motifs is 1. The van der Waals surface area contributed by atoms with Crippen LogP contribution >= 0.6 is 0 Å². The molecule has 0 bridgehead atoms. The van der Waals surface area contributed by atoms with E-state index in [9.17, 15) is 14.4 Å². The molecule has 23 heavy (non-hydrogen) atoms. The topological polar surface area (TPSA) is 96.0 Å². The Kier molecular flexibility index (Phi) is 3.92. The summed E-state index contributed by atoms with van der Waals surface area (Å²) in [5, 5.41) is 0.763. The molecular weight excluding hydrogens is 296 g/mol. The summed E-state index contributed by atoms with van der Waals surface area (Å²) in [7, 11) is 0. The van der Waals surface area contributed by atoms with Crippen molar-refractivity contribution in [2.75, 3.05) is 0 Å². The number of pyridine rings is 1. The minimum atomic E-state index is -0.494. The van der Waals surface area contributed by atoms with Gasteiger partial charge < -0.3 is 9.55 Å². The van der Waals surface area contributed by atoms with Crippen molar-refractivity contribution in [3.05, 3.63) is 70.8 Å². The highest BCUT2D eigenvalue weighted by molar-refractivity contribution is 6.07. The zero-order valence-electron chi connectivity index (χ0n) is 12.1. The lowest BCUT2D eigenvalue weighted by Crippen LogP contribution is -2.44. The summed E-state index contributed by atoms with van der Waals surface area (Å²) in [6.45, 7) is -0.173. The van der Waals surface area contributed by atoms with Crippen LogP contribution in [0.1, 0.15) is 10.4 Å². The Morgan fingerprint density at radius 1 is 1.04 bits per heavy atom. The van der Waals surface area contributed by atoms with Crippen LogP contribution in [0.5, 0.6) is 0 Å². The molecule has 2 aromatic heterocycles. The number of nitrogens with zero attached hydrogens (tertiary/aromatic N) is 1. The average molecular weight is 310 g/mol. The summed E-state index contributed by atoms with van der Waals surface area (Å²) in [5.74, 6) is -0.928. The molecular formula is C16H14N4O3. The summed E-state index contributed by atoms with van der Waals surface area (Å²) in [5.41, 5.74) is 5.62. The third-order valence-electron chi connectivity index (χ3n) is 3.36. The number of aromatic nitrogens is 2. The summed E-state index contributed by atoms with van der Waals surface area (Å²) < 4.78 is 1.24. The van der Waals surface area contributed by atoms with Crippen molar-refractivity contribution in [3.63, 3.8) is 0 Å². The lowest BCUT2D eigenvalue weighted by Gasteiger charge is -2.08. The lowest BCUT2D eigenvalue weighted by atomic mass is 10.2. The summed E-state index contributed by atoms with van der Waals surface area (Å²) in [6, 6.07) is 12.0. The van der Waals surface area contributed by atoms with Crippen molar-refractivity contribution in [1.82, 2.24) is 20.4 Å². The fourth-order valence-corrected chi connectivity index (χ4v) is 2.24. The van der Waals surface area contributed by atoms with Gasteiger partial charge in [0.1, 0.15) is 6.54 Å². The summed E-state index contributed by atoms with van der Waals surface area (Å²) >= 11 is 0. The lowest BCUT2D eigenvalue weighted by molar-refractivity contribution is -0.122. The molecule has 7 nitrogen and oxygen atoms in total. The number of benzene rings is 1. The molecule has 0 aliphatic carbocycles. The smallest absolute Gasteiger partial charge is 0.271 e. The zero-order chi connectivity index (χ0) is 16.2. The Bertz CT molecular complexity index is 926. The van der Waals surface area contributed by atoms with E-state index in [1.54, 1.807) is 18.3 Å². The van der Waals surface area contributed by atoms with E-state index in [-0.39, 0.29) is 12.1 Å². The number of H-pyrrole nitrogens is 1. The van der Waals surface area contributed by atoms with Crippen LogP contribution in [0.2, 0.25) is 0 Å².